The molecule has 0 saturated carbocycles. The van der Waals surface area contributed by atoms with Crippen LogP contribution in [0, 0.1) is 19.7 Å². The second-order valence-electron chi connectivity index (χ2n) is 10.1. The monoisotopic (exact) mass is 490 g/mol. The summed E-state index contributed by atoms with van der Waals surface area (Å²) in [4.78, 5) is 29.6. The van der Waals surface area contributed by atoms with Gasteiger partial charge in [0, 0.05) is 5.56 Å². The van der Waals surface area contributed by atoms with E-state index in [9.17, 15) is 19.1 Å². The minimum absolute atomic E-state index is 0.101. The maximum Gasteiger partial charge on any atom is 0.274 e. The summed E-state index contributed by atoms with van der Waals surface area (Å²) >= 11 is 0. The number of benzene rings is 2. The topological polar surface area (TPSA) is 99.5 Å². The molecule has 0 fully saturated rings. The molecule has 8 heteroatoms. The van der Waals surface area contributed by atoms with E-state index in [1.54, 1.807) is 20.0 Å². The Kier molecular flexibility index (Phi) is 6.58. The van der Waals surface area contributed by atoms with Crippen LogP contribution in [-0.4, -0.2) is 31.2 Å². The molecule has 0 unspecified atom stereocenters. The number of carbonyl (C=O) groups excluding carboxylic acids is 1. The van der Waals surface area contributed by atoms with Crippen molar-refractivity contribution >= 4 is 11.4 Å². The first-order valence-electron chi connectivity index (χ1n) is 11.9. The molecule has 2 aromatic carbocycles. The summed E-state index contributed by atoms with van der Waals surface area (Å²) in [6.45, 7) is 10.9. The van der Waals surface area contributed by atoms with Crippen LogP contribution < -0.4 is 10.9 Å². The van der Waals surface area contributed by atoms with Crippen LogP contribution in [-0.2, 0) is 0 Å². The van der Waals surface area contributed by atoms with Gasteiger partial charge in [0.1, 0.15) is 11.3 Å². The molecule has 2 aromatic heterocycles. The summed E-state index contributed by atoms with van der Waals surface area (Å²) in [5.41, 5.74) is 3.41. The smallest absolute Gasteiger partial charge is 0.274 e. The van der Waals surface area contributed by atoms with E-state index in [1.165, 1.54) is 28.8 Å². The highest BCUT2D eigenvalue weighted by Gasteiger charge is 2.33. The first-order valence-corrected chi connectivity index (χ1v) is 11.9. The number of nitrogens with one attached hydrogen (secondary N) is 2. The number of aliphatic hydroxyl groups is 1. The first kappa shape index (κ1) is 25.3. The number of aromatic nitrogens is 3. The van der Waals surface area contributed by atoms with E-state index in [1.807, 2.05) is 45.9 Å². The molecule has 3 N–H and O–H groups in total. The zero-order chi connectivity index (χ0) is 26.4. The molecule has 0 bridgehead atoms. The lowest BCUT2D eigenvalue weighted by molar-refractivity contribution is 0.0342. The number of aromatic amines is 1. The first-order chi connectivity index (χ1) is 16.9. The van der Waals surface area contributed by atoms with E-state index in [0.29, 0.717) is 22.3 Å². The quantitative estimate of drug-likeness (QED) is 0.361. The van der Waals surface area contributed by atoms with Gasteiger partial charge in [-0.2, -0.15) is 5.10 Å². The number of hydrogen-bond acceptors (Lipinski definition) is 4. The van der Waals surface area contributed by atoms with Crippen LogP contribution in [0.1, 0.15) is 72.4 Å². The van der Waals surface area contributed by atoms with Crippen molar-refractivity contribution in [3.63, 3.8) is 0 Å². The van der Waals surface area contributed by atoms with Crippen LogP contribution in [0.2, 0.25) is 0 Å². The molecule has 4 rings (SSSR count). The van der Waals surface area contributed by atoms with Gasteiger partial charge in [-0.05, 0) is 74.1 Å². The van der Waals surface area contributed by atoms with E-state index >= 15 is 0 Å². The number of rotatable bonds is 6. The number of aryl methyl sites for hydroxylation is 2. The second-order valence-corrected chi connectivity index (χ2v) is 10.1. The van der Waals surface area contributed by atoms with Gasteiger partial charge in [-0.15, -0.1) is 0 Å². The Morgan fingerprint density at radius 1 is 1.11 bits per heavy atom. The lowest BCUT2D eigenvalue weighted by Gasteiger charge is -2.30. The van der Waals surface area contributed by atoms with Crippen molar-refractivity contribution in [1.29, 1.82) is 0 Å². The summed E-state index contributed by atoms with van der Waals surface area (Å²) in [6, 6.07) is 10.7. The van der Waals surface area contributed by atoms with E-state index in [2.05, 4.69) is 15.4 Å². The van der Waals surface area contributed by atoms with E-state index in [4.69, 9.17) is 0 Å². The standard InChI is InChI=1S/C28H31FN4O3/c1-15(2)22-23(26(34)31-25(28(5,6)36)18-9-11-20(29)12-10-18)32-33-14-21(30-27(35)24(22)33)19-8-7-16(3)17(4)13-19/h7-15,25,36H,1-6H3,(H,30,35)(H,31,34)/t25-/m0/s1. The molecule has 0 saturated heterocycles. The van der Waals surface area contributed by atoms with Gasteiger partial charge in [0.05, 0.1) is 23.5 Å². The number of amides is 1. The zero-order valence-corrected chi connectivity index (χ0v) is 21.3. The van der Waals surface area contributed by atoms with Crippen molar-refractivity contribution in [2.75, 3.05) is 0 Å². The summed E-state index contributed by atoms with van der Waals surface area (Å²) in [7, 11) is 0. The normalized spacial score (nSPS) is 12.8. The van der Waals surface area contributed by atoms with Crippen molar-refractivity contribution < 1.29 is 14.3 Å². The molecule has 0 aliphatic carbocycles. The Morgan fingerprint density at radius 3 is 2.36 bits per heavy atom. The molecule has 0 aliphatic rings. The van der Waals surface area contributed by atoms with Crippen molar-refractivity contribution in [3.8, 4) is 11.3 Å². The summed E-state index contributed by atoms with van der Waals surface area (Å²) in [5, 5.41) is 18.1. The van der Waals surface area contributed by atoms with Gasteiger partial charge in [0.25, 0.3) is 11.5 Å². The summed E-state index contributed by atoms with van der Waals surface area (Å²) < 4.78 is 14.9. The Labute approximate surface area is 209 Å². The van der Waals surface area contributed by atoms with E-state index in [-0.39, 0.29) is 17.2 Å². The maximum absolute atomic E-state index is 13.5. The van der Waals surface area contributed by atoms with Crippen LogP contribution >= 0.6 is 0 Å². The SMILES string of the molecule is Cc1ccc(-c2cn3nc(C(=O)N[C@@H](c4ccc(F)cc4)C(C)(C)O)c(C(C)C)c3c(=O)[nH]2)cc1C. The van der Waals surface area contributed by atoms with Gasteiger partial charge >= 0.3 is 0 Å². The zero-order valence-electron chi connectivity index (χ0n) is 21.3. The fraction of sp³-hybridized carbons (Fsp3) is 0.321. The number of H-pyrrole nitrogens is 1. The van der Waals surface area contributed by atoms with Crippen LogP contribution in [0.5, 0.6) is 0 Å². The highest BCUT2D eigenvalue weighted by atomic mass is 19.1. The number of fused-ring (bicyclic) bond motifs is 1. The minimum atomic E-state index is -1.35. The molecule has 0 aliphatic heterocycles. The van der Waals surface area contributed by atoms with Gasteiger partial charge in [-0.1, -0.05) is 38.1 Å². The Hall–Kier alpha value is -3.78. The number of hydrogen-bond donors (Lipinski definition) is 3. The van der Waals surface area contributed by atoms with Gasteiger partial charge in [0.2, 0.25) is 0 Å². The third-order valence-electron chi connectivity index (χ3n) is 6.46. The van der Waals surface area contributed by atoms with Crippen LogP contribution in [0.4, 0.5) is 4.39 Å². The molecule has 2 heterocycles. The Bertz CT molecular complexity index is 1490. The average molecular weight is 491 g/mol. The van der Waals surface area contributed by atoms with Crippen molar-refractivity contribution in [3.05, 3.63) is 92.8 Å². The molecule has 1 amide bonds. The Balaban J connectivity index is 1.80. The number of carbonyl (C=O) groups is 1. The summed E-state index contributed by atoms with van der Waals surface area (Å²) in [6.07, 6.45) is 1.71. The van der Waals surface area contributed by atoms with Gasteiger partial charge in [-0.3, -0.25) is 9.59 Å². The van der Waals surface area contributed by atoms with Crippen LogP contribution in [0.3, 0.4) is 0 Å². The predicted octanol–water partition coefficient (Wildman–Crippen LogP) is 4.81. The van der Waals surface area contributed by atoms with Crippen molar-refractivity contribution in [1.82, 2.24) is 19.9 Å². The molecule has 0 spiro atoms. The molecule has 1 atom stereocenters. The molecule has 36 heavy (non-hydrogen) atoms. The number of nitrogens with zero attached hydrogens (tertiary/aromatic N) is 2. The molecule has 4 aromatic rings. The maximum atomic E-state index is 13.5. The largest absolute Gasteiger partial charge is 0.388 e. The van der Waals surface area contributed by atoms with Crippen molar-refractivity contribution in [2.24, 2.45) is 0 Å². The van der Waals surface area contributed by atoms with E-state index in [0.717, 1.165) is 16.7 Å². The predicted molar refractivity (Wildman–Crippen MR) is 138 cm³/mol. The molecular formula is C28H31FN4O3. The fourth-order valence-electron chi connectivity index (χ4n) is 4.40. The lowest BCUT2D eigenvalue weighted by atomic mass is 9.91. The minimum Gasteiger partial charge on any atom is -0.388 e. The lowest BCUT2D eigenvalue weighted by Crippen LogP contribution is -2.42. The highest BCUT2D eigenvalue weighted by Crippen LogP contribution is 2.29. The highest BCUT2D eigenvalue weighted by molar-refractivity contribution is 5.96. The van der Waals surface area contributed by atoms with Crippen molar-refractivity contribution in [2.45, 2.75) is 59.1 Å². The third-order valence-corrected chi connectivity index (χ3v) is 6.46. The van der Waals surface area contributed by atoms with Crippen LogP contribution in [0.15, 0.2) is 53.5 Å². The van der Waals surface area contributed by atoms with Gasteiger partial charge in [0.15, 0.2) is 5.69 Å². The summed E-state index contributed by atoms with van der Waals surface area (Å²) in [5.74, 6) is -1.13. The van der Waals surface area contributed by atoms with Gasteiger partial charge < -0.3 is 15.4 Å². The second kappa shape index (κ2) is 9.35. The molecular weight excluding hydrogens is 459 g/mol. The fourth-order valence-corrected chi connectivity index (χ4v) is 4.40. The molecule has 188 valence electrons. The average Bonchev–Trinajstić information content (AvgIpc) is 3.20. The third kappa shape index (κ3) is 4.81. The Morgan fingerprint density at radius 2 is 1.78 bits per heavy atom. The molecule has 0 radical (unpaired) electrons. The van der Waals surface area contributed by atoms with E-state index < -0.39 is 23.4 Å². The molecule has 7 nitrogen and oxygen atoms in total. The van der Waals surface area contributed by atoms with Crippen LogP contribution in [0.25, 0.3) is 16.8 Å². The number of halogens is 1. The van der Waals surface area contributed by atoms with Gasteiger partial charge in [-0.25, -0.2) is 8.91 Å².